The number of hydrogen-bond acceptors (Lipinski definition) is 5. The highest BCUT2D eigenvalue weighted by Crippen LogP contribution is 2.33. The zero-order valence-corrected chi connectivity index (χ0v) is 8.63. The molecule has 1 fully saturated rings. The van der Waals surface area contributed by atoms with Gasteiger partial charge in [-0.3, -0.25) is 0 Å². The number of aliphatic hydroxyl groups is 1. The van der Waals surface area contributed by atoms with E-state index in [0.717, 1.165) is 12.8 Å². The summed E-state index contributed by atoms with van der Waals surface area (Å²) in [5.74, 6) is 1.89. The Bertz CT molecular complexity index is 461. The van der Waals surface area contributed by atoms with E-state index in [9.17, 15) is 5.11 Å². The van der Waals surface area contributed by atoms with Crippen molar-refractivity contribution in [3.63, 3.8) is 0 Å². The molecule has 0 saturated heterocycles. The van der Waals surface area contributed by atoms with Gasteiger partial charge in [0.2, 0.25) is 11.7 Å². The number of hydrogen-bond donors (Lipinski definition) is 2. The van der Waals surface area contributed by atoms with Gasteiger partial charge in [-0.2, -0.15) is 4.98 Å². The zero-order chi connectivity index (χ0) is 11.0. The molecule has 0 aliphatic heterocycles. The quantitative estimate of drug-likeness (QED) is 0.794. The lowest BCUT2D eigenvalue weighted by Gasteiger charge is -2.03. The fourth-order valence-corrected chi connectivity index (χ4v) is 1.65. The van der Waals surface area contributed by atoms with Crippen LogP contribution in [0.4, 0.5) is 0 Å². The van der Waals surface area contributed by atoms with E-state index >= 15 is 0 Å². The number of aromatic amines is 1. The Morgan fingerprint density at radius 1 is 1.56 bits per heavy atom. The summed E-state index contributed by atoms with van der Waals surface area (Å²) < 4.78 is 5.06. The summed E-state index contributed by atoms with van der Waals surface area (Å²) in [6.07, 6.45) is 5.60. The molecular formula is C10H12N4O2. The van der Waals surface area contributed by atoms with Crippen molar-refractivity contribution < 1.29 is 9.63 Å². The molecule has 3 rings (SSSR count). The van der Waals surface area contributed by atoms with Gasteiger partial charge in [-0.15, -0.1) is 0 Å². The highest BCUT2D eigenvalue weighted by atomic mass is 16.5. The summed E-state index contributed by atoms with van der Waals surface area (Å²) in [6, 6.07) is 0. The summed E-state index contributed by atoms with van der Waals surface area (Å²) in [4.78, 5) is 11.1. The number of nitrogens with zero attached hydrogens (tertiary/aromatic N) is 3. The van der Waals surface area contributed by atoms with Crippen LogP contribution >= 0.6 is 0 Å². The van der Waals surface area contributed by atoms with E-state index in [-0.39, 0.29) is 6.10 Å². The van der Waals surface area contributed by atoms with Crippen LogP contribution in [0.15, 0.2) is 16.9 Å². The van der Waals surface area contributed by atoms with Crippen LogP contribution in [0.25, 0.3) is 11.6 Å². The Labute approximate surface area is 91.7 Å². The fourth-order valence-electron chi connectivity index (χ4n) is 1.65. The maximum absolute atomic E-state index is 9.73. The first-order valence-electron chi connectivity index (χ1n) is 5.33. The van der Waals surface area contributed by atoms with Crippen LogP contribution in [0.2, 0.25) is 0 Å². The second kappa shape index (κ2) is 3.71. The van der Waals surface area contributed by atoms with E-state index in [4.69, 9.17) is 4.52 Å². The smallest absolute Gasteiger partial charge is 0.238 e. The van der Waals surface area contributed by atoms with Crippen molar-refractivity contribution in [2.45, 2.75) is 25.4 Å². The Morgan fingerprint density at radius 2 is 2.44 bits per heavy atom. The van der Waals surface area contributed by atoms with Crippen molar-refractivity contribution >= 4 is 0 Å². The van der Waals surface area contributed by atoms with Crippen LogP contribution in [-0.4, -0.2) is 31.3 Å². The van der Waals surface area contributed by atoms with Gasteiger partial charge in [0.25, 0.3) is 0 Å². The normalized spacial score (nSPS) is 17.6. The molecule has 2 aromatic rings. The van der Waals surface area contributed by atoms with Gasteiger partial charge in [0.15, 0.2) is 5.82 Å². The molecule has 6 nitrogen and oxygen atoms in total. The Hall–Kier alpha value is -1.69. The van der Waals surface area contributed by atoms with Crippen molar-refractivity contribution in [1.82, 2.24) is 20.1 Å². The van der Waals surface area contributed by atoms with Crippen LogP contribution in [0, 0.1) is 5.92 Å². The maximum atomic E-state index is 9.73. The molecule has 0 amide bonds. The number of rotatable bonds is 4. The third kappa shape index (κ3) is 1.83. The summed E-state index contributed by atoms with van der Waals surface area (Å²) in [6.45, 7) is 0. The molecule has 1 unspecified atom stereocenters. The Morgan fingerprint density at radius 3 is 3.12 bits per heavy atom. The molecule has 0 aromatic carbocycles. The van der Waals surface area contributed by atoms with Crippen molar-refractivity contribution in [3.05, 3.63) is 18.3 Å². The van der Waals surface area contributed by atoms with Crippen molar-refractivity contribution in [2.75, 3.05) is 0 Å². The number of H-pyrrole nitrogens is 1. The highest BCUT2D eigenvalue weighted by molar-refractivity contribution is 5.40. The SMILES string of the molecule is OC(Cc1nc(-c2ncc[nH]2)no1)C1CC1. The van der Waals surface area contributed by atoms with E-state index < -0.39 is 0 Å². The topological polar surface area (TPSA) is 87.8 Å². The molecule has 1 saturated carbocycles. The largest absolute Gasteiger partial charge is 0.392 e. The molecule has 2 aromatic heterocycles. The average molecular weight is 220 g/mol. The molecule has 16 heavy (non-hydrogen) atoms. The summed E-state index contributed by atoms with van der Waals surface area (Å²) in [5, 5.41) is 13.5. The van der Waals surface area contributed by atoms with Crippen molar-refractivity contribution in [3.8, 4) is 11.6 Å². The first kappa shape index (κ1) is 9.53. The molecule has 2 N–H and O–H groups in total. The van der Waals surface area contributed by atoms with E-state index in [0.29, 0.717) is 29.9 Å². The second-order valence-corrected chi connectivity index (χ2v) is 4.06. The minimum atomic E-state index is -0.357. The lowest BCUT2D eigenvalue weighted by Crippen LogP contribution is -2.12. The molecule has 0 bridgehead atoms. The van der Waals surface area contributed by atoms with Crippen LogP contribution in [-0.2, 0) is 6.42 Å². The van der Waals surface area contributed by atoms with Gasteiger partial charge in [-0.1, -0.05) is 5.16 Å². The predicted octanol–water partition coefficient (Wildman–Crippen LogP) is 0.773. The van der Waals surface area contributed by atoms with Gasteiger partial charge in [0.1, 0.15) is 0 Å². The summed E-state index contributed by atoms with van der Waals surface area (Å²) in [5.41, 5.74) is 0. The number of aromatic nitrogens is 4. The Balaban J connectivity index is 1.72. The van der Waals surface area contributed by atoms with Crippen LogP contribution in [0.3, 0.4) is 0 Å². The van der Waals surface area contributed by atoms with E-state index in [1.165, 1.54) is 0 Å². The molecular weight excluding hydrogens is 208 g/mol. The van der Waals surface area contributed by atoms with Crippen molar-refractivity contribution in [2.24, 2.45) is 5.92 Å². The van der Waals surface area contributed by atoms with Crippen molar-refractivity contribution in [1.29, 1.82) is 0 Å². The molecule has 84 valence electrons. The zero-order valence-electron chi connectivity index (χ0n) is 8.63. The summed E-state index contributed by atoms with van der Waals surface area (Å²) >= 11 is 0. The van der Waals surface area contributed by atoms with Crippen LogP contribution in [0.1, 0.15) is 18.7 Å². The molecule has 1 atom stereocenters. The molecule has 0 spiro atoms. The monoisotopic (exact) mass is 220 g/mol. The van der Waals surface area contributed by atoms with Gasteiger partial charge >= 0.3 is 0 Å². The van der Waals surface area contributed by atoms with Gasteiger partial charge < -0.3 is 14.6 Å². The minimum Gasteiger partial charge on any atom is -0.392 e. The number of aliphatic hydroxyl groups excluding tert-OH is 1. The molecule has 1 aliphatic carbocycles. The number of nitrogens with one attached hydrogen (secondary N) is 1. The highest BCUT2D eigenvalue weighted by Gasteiger charge is 2.31. The molecule has 1 aliphatic rings. The first-order valence-corrected chi connectivity index (χ1v) is 5.33. The second-order valence-electron chi connectivity index (χ2n) is 4.06. The van der Waals surface area contributed by atoms with Gasteiger partial charge in [0, 0.05) is 12.4 Å². The standard InChI is InChI=1S/C10H12N4O2/c15-7(6-1-2-6)5-8-13-10(14-16-8)9-11-3-4-12-9/h3-4,6-7,15H,1-2,5H2,(H,11,12). The Kier molecular flexibility index (Phi) is 2.21. The third-order valence-electron chi connectivity index (χ3n) is 2.73. The maximum Gasteiger partial charge on any atom is 0.238 e. The van der Waals surface area contributed by atoms with Gasteiger partial charge in [-0.25, -0.2) is 4.98 Å². The van der Waals surface area contributed by atoms with Gasteiger partial charge in [-0.05, 0) is 18.8 Å². The lowest BCUT2D eigenvalue weighted by atomic mass is 10.2. The first-order chi connectivity index (χ1) is 7.83. The minimum absolute atomic E-state index is 0.357. The fraction of sp³-hybridized carbons (Fsp3) is 0.500. The number of imidazole rings is 1. The van der Waals surface area contributed by atoms with E-state index in [2.05, 4.69) is 20.1 Å². The molecule has 0 radical (unpaired) electrons. The third-order valence-corrected chi connectivity index (χ3v) is 2.73. The lowest BCUT2D eigenvalue weighted by molar-refractivity contribution is 0.140. The van der Waals surface area contributed by atoms with E-state index in [1.54, 1.807) is 12.4 Å². The van der Waals surface area contributed by atoms with Crippen LogP contribution < -0.4 is 0 Å². The summed E-state index contributed by atoms with van der Waals surface area (Å²) in [7, 11) is 0. The van der Waals surface area contributed by atoms with Crippen LogP contribution in [0.5, 0.6) is 0 Å². The van der Waals surface area contributed by atoms with Gasteiger partial charge in [0.05, 0.1) is 12.5 Å². The predicted molar refractivity (Wildman–Crippen MR) is 54.3 cm³/mol. The molecule has 2 heterocycles. The van der Waals surface area contributed by atoms with E-state index in [1.807, 2.05) is 0 Å². The molecule has 6 heteroatoms. The average Bonchev–Trinajstić information content (AvgIpc) is 2.80.